The molecule has 0 bridgehead atoms. The number of amides is 1. The summed E-state index contributed by atoms with van der Waals surface area (Å²) in [4.78, 5) is 36.0. The number of piperidine rings is 1. The van der Waals surface area contributed by atoms with E-state index in [0.29, 0.717) is 126 Å². The molecule has 136 heavy (non-hydrogen) atoms. The van der Waals surface area contributed by atoms with Crippen molar-refractivity contribution in [2.75, 3.05) is 100 Å². The van der Waals surface area contributed by atoms with Gasteiger partial charge >= 0.3 is 0 Å². The molecule has 10 aromatic carbocycles. The molecule has 11 aromatic rings. The largest absolute Gasteiger partial charge is 0.508 e. The highest BCUT2D eigenvalue weighted by atomic mass is 79.9. The molecule has 0 unspecified atom stereocenters. The van der Waals surface area contributed by atoms with Crippen molar-refractivity contribution < 1.29 is 19.4 Å². The average Bonchev–Trinajstić information content (AvgIpc) is 1.63. The van der Waals surface area contributed by atoms with Crippen molar-refractivity contribution in [3.8, 4) is 73.2 Å². The normalized spacial score (nSPS) is 16.0. The van der Waals surface area contributed by atoms with Crippen LogP contribution in [-0.4, -0.2) is 166 Å². The van der Waals surface area contributed by atoms with Crippen molar-refractivity contribution in [3.63, 3.8) is 0 Å². The van der Waals surface area contributed by atoms with Gasteiger partial charge in [-0.1, -0.05) is 303 Å². The number of nitrogens with zero attached hydrogens (tertiary/aromatic N) is 5. The van der Waals surface area contributed by atoms with E-state index < -0.39 is 0 Å². The minimum absolute atomic E-state index is 0.0189. The summed E-state index contributed by atoms with van der Waals surface area (Å²) in [6.45, 7) is 16.5. The number of nitrogens with one attached hydrogen (secondary N) is 2. The summed E-state index contributed by atoms with van der Waals surface area (Å²) >= 11 is 22.5. The van der Waals surface area contributed by atoms with Crippen LogP contribution in [0.4, 0.5) is 0 Å². The highest BCUT2D eigenvalue weighted by Gasteiger charge is 2.35. The number of fused-ring (bicyclic) bond motifs is 2. The van der Waals surface area contributed by atoms with E-state index >= 15 is 0 Å². The van der Waals surface area contributed by atoms with Gasteiger partial charge in [-0.25, -0.2) is 0 Å². The molecule has 16 rings (SSSR count). The molecule has 2 heterocycles. The van der Waals surface area contributed by atoms with Gasteiger partial charge in [0.2, 0.25) is 0 Å². The van der Waals surface area contributed by atoms with Gasteiger partial charge in [0.15, 0.2) is 5.78 Å². The topological polar surface area (TPSA) is 156 Å². The highest BCUT2D eigenvalue weighted by molar-refractivity contribution is 9.10. The Labute approximate surface area is 841 Å². The minimum Gasteiger partial charge on any atom is -0.508 e. The maximum Gasteiger partial charge on any atom is 0.251 e. The molecule has 2 saturated carbocycles. The maximum absolute atomic E-state index is 12.2. The first kappa shape index (κ1) is 112. The molecule has 1 saturated heterocycles. The minimum atomic E-state index is -0.0244. The standard InChI is InChI=1S/C14H9BrO2S.C14H19ClN2O.C13H15Cl2NO.2C13H17N.C12H13N.C11H13N.C10H14.2C9H11N/c15-9-6-10(18-7-9)4-8-5-12-11(14(8)17)2-1-3-13(12)16;15-13-6-4-12(5-7-13)14(18)16-8-11-17-9-2-1-3-10-17;1-3-7-16(2)8-4-9-17-13-6-5-11(14)10-12(13)15;2*1-4-10-14(3)12(2)11-13-8-6-5-7-9-13;1-2-9-13-12-8-7-10-5-3-4-6-11(10)12;1-3-9-12(2)10-11-7-5-4-6-8-11;1-2-3-7-10-8-5-4-6-9-10;2*10-9-6-8(9)7-4-2-1-3-5-7/h1-4,6-7,16H,5H2;4-7H,1-3,8-11H2,(H,16,18);1,5-6,10H,4,7-9H2,2H3;2*1,5-9,12H,10-11H2,2-3H3;1,3-6,12-13H,7-9H2;1,4-8H,9-10H2,2H3;4-6,8-9H,2-3,7H2,1H3;2*1-5,8-9H,6,10H2/b8-4+;;;;;;;;;/t;;;3*12-;;;2*8-,9+/m...101..10/s1. The zero-order valence-electron chi connectivity index (χ0n) is 80.4. The van der Waals surface area contributed by atoms with Crippen LogP contribution in [0.3, 0.4) is 0 Å². The second kappa shape index (κ2) is 65.1. The van der Waals surface area contributed by atoms with Crippen molar-refractivity contribution in [1.82, 2.24) is 35.1 Å². The van der Waals surface area contributed by atoms with Crippen LogP contribution in [0.2, 0.25) is 15.1 Å². The van der Waals surface area contributed by atoms with Crippen LogP contribution in [0.5, 0.6) is 11.5 Å². The summed E-state index contributed by atoms with van der Waals surface area (Å²) in [6, 6.07) is 93.1. The fourth-order valence-electron chi connectivity index (χ4n) is 15.2. The number of thiophene rings is 1. The number of carbonyl (C=O) groups excluding carboxylic acids is 2. The molecule has 4 aliphatic carbocycles. The number of aromatic hydroxyl groups is 1. The number of phenolic OH excluding ortho intramolecular Hbond substituents is 1. The number of carbonyl (C=O) groups is 2. The van der Waals surface area contributed by atoms with Gasteiger partial charge in [-0.15, -0.1) is 43.5 Å². The lowest BCUT2D eigenvalue weighted by atomic mass is 10.1. The number of hydrogen-bond acceptors (Lipinski definition) is 13. The summed E-state index contributed by atoms with van der Waals surface area (Å²) in [6.07, 6.45) is 44.0. The monoisotopic (exact) mass is 1960 g/mol. The third-order valence-electron chi connectivity index (χ3n) is 23.4. The molecule has 5 aliphatic rings. The zero-order valence-corrected chi connectivity index (χ0v) is 85.1. The molecule has 1 aromatic heterocycles. The summed E-state index contributed by atoms with van der Waals surface area (Å²) in [5, 5.41) is 19.8. The van der Waals surface area contributed by atoms with Crippen LogP contribution in [0.15, 0.2) is 288 Å². The van der Waals surface area contributed by atoms with Crippen LogP contribution in [-0.2, 0) is 38.6 Å². The lowest BCUT2D eigenvalue weighted by Crippen LogP contribution is -2.37. The molecule has 0 radical (unpaired) electrons. The van der Waals surface area contributed by atoms with Crippen molar-refractivity contribution in [2.45, 2.75) is 159 Å². The zero-order chi connectivity index (χ0) is 98.0. The van der Waals surface area contributed by atoms with E-state index in [1.165, 1.54) is 109 Å². The van der Waals surface area contributed by atoms with Crippen LogP contribution in [0, 0.1) is 61.7 Å². The Bertz CT molecular complexity index is 5370. The summed E-state index contributed by atoms with van der Waals surface area (Å²) in [5.74, 6) is 15.3. The van der Waals surface area contributed by atoms with Gasteiger partial charge in [0, 0.05) is 122 Å². The molecule has 7 N–H and O–H groups in total. The van der Waals surface area contributed by atoms with E-state index in [1.54, 1.807) is 72.0 Å². The summed E-state index contributed by atoms with van der Waals surface area (Å²) in [7, 11) is 8.13. The fourth-order valence-corrected chi connectivity index (χ4v) is 17.2. The number of benzene rings is 10. The molecule has 1 aliphatic heterocycles. The van der Waals surface area contributed by atoms with Gasteiger partial charge < -0.3 is 31.5 Å². The summed E-state index contributed by atoms with van der Waals surface area (Å²) in [5.41, 5.74) is 25.3. The van der Waals surface area contributed by atoms with E-state index in [1.807, 2.05) is 74.1 Å². The number of nitrogens with two attached hydrogens (primary N) is 2. The van der Waals surface area contributed by atoms with Gasteiger partial charge in [-0.3, -0.25) is 34.5 Å². The first-order valence-electron chi connectivity index (χ1n) is 47.1. The number of phenols is 1. The van der Waals surface area contributed by atoms with E-state index in [-0.39, 0.29) is 17.4 Å². The van der Waals surface area contributed by atoms with Gasteiger partial charge in [-0.2, -0.15) is 0 Å². The first-order valence-corrected chi connectivity index (χ1v) is 49.9. The van der Waals surface area contributed by atoms with Gasteiger partial charge in [-0.05, 0) is 247 Å². The quantitative estimate of drug-likeness (QED) is 0.0172. The third-order valence-corrected chi connectivity index (χ3v) is 25.8. The van der Waals surface area contributed by atoms with Crippen molar-refractivity contribution >= 4 is 79.8 Å². The molecule has 714 valence electrons. The summed E-state index contributed by atoms with van der Waals surface area (Å²) < 4.78 is 6.57. The molecular formula is C118H139BrCl3N9O4S. The number of likely N-dealkylation sites (N-methyl/N-ethyl adjacent to an activating group) is 2. The molecule has 7 atom stereocenters. The number of allylic oxidation sites excluding steroid dienone is 1. The van der Waals surface area contributed by atoms with Gasteiger partial charge in [0.25, 0.3) is 5.91 Å². The number of hydrogen-bond donors (Lipinski definition) is 5. The van der Waals surface area contributed by atoms with Crippen LogP contribution in [0.25, 0.3) is 6.08 Å². The predicted octanol–water partition coefficient (Wildman–Crippen LogP) is 24.0. The number of halogens is 4. The van der Waals surface area contributed by atoms with Gasteiger partial charge in [0.1, 0.15) is 11.5 Å². The fraction of sp³-hybridized carbons (Fsp3) is 0.339. The number of unbranched alkanes of at least 4 members (excludes halogenated alkanes) is 1. The SMILES string of the molecule is C#CCN(C)CCCOc1ccc(Cl)cc1Cl.C#CCN(C)Cc1ccccc1.C#CCN(C)[C@@H](C)Cc1ccccc1.C#CCN(C)[C@H](C)Cc1ccccc1.C#CCN[C@@H]1CCc2ccccc21.CCCCc1ccccc1.N[C@@H]1C[C@H]1c1ccccc1.N[C@H]1C[C@@H]1c1ccccc1.O=C(NCCN1CCCCC1)c1ccc(Cl)cc1.O=C1/C(=C/c2cc(Br)cs2)Cc2c(O)cccc21. The van der Waals surface area contributed by atoms with Crippen molar-refractivity contribution in [1.29, 1.82) is 0 Å². The van der Waals surface area contributed by atoms with Crippen LogP contribution >= 0.6 is 62.1 Å². The van der Waals surface area contributed by atoms with E-state index in [9.17, 15) is 14.7 Å². The Morgan fingerprint density at radius 1 is 0.596 bits per heavy atom. The lowest BCUT2D eigenvalue weighted by Gasteiger charge is -2.26. The second-order valence-corrected chi connectivity index (χ2v) is 37.6. The maximum atomic E-state index is 12.2. The number of Topliss-reactive ketones (excluding diaryl/α,β-unsaturated/α-hetero) is 1. The Hall–Kier alpha value is -10.8. The molecule has 0 spiro atoms. The Morgan fingerprint density at radius 2 is 1.10 bits per heavy atom. The Kier molecular flexibility index (Phi) is 53.7. The van der Waals surface area contributed by atoms with Crippen LogP contribution < -0.4 is 26.8 Å². The van der Waals surface area contributed by atoms with E-state index in [2.05, 4.69) is 279 Å². The van der Waals surface area contributed by atoms with Crippen LogP contribution in [0.1, 0.15) is 172 Å². The lowest BCUT2D eigenvalue weighted by molar-refractivity contribution is 0.0945. The third kappa shape index (κ3) is 44.1. The van der Waals surface area contributed by atoms with Crippen molar-refractivity contribution in [3.05, 3.63) is 370 Å². The highest BCUT2D eigenvalue weighted by Crippen LogP contribution is 2.40. The second-order valence-electron chi connectivity index (χ2n) is 34.5. The predicted molar refractivity (Wildman–Crippen MR) is 580 cm³/mol. The number of terminal acetylenes is 5. The Balaban J connectivity index is 0.000000207. The number of ether oxygens (including phenoxy) is 1. The molecular weight excluding hydrogens is 1830 g/mol. The number of rotatable bonds is 29. The number of likely N-dealkylation sites (tertiary alicyclic amines) is 1. The molecule has 13 nitrogen and oxygen atoms in total. The van der Waals surface area contributed by atoms with E-state index in [0.717, 1.165) is 72.5 Å². The molecule has 1 amide bonds. The Morgan fingerprint density at radius 3 is 1.59 bits per heavy atom. The van der Waals surface area contributed by atoms with Crippen molar-refractivity contribution in [2.24, 2.45) is 11.5 Å². The molecule has 18 heteroatoms. The first-order chi connectivity index (χ1) is 65.9. The number of ketones is 1. The smallest absolute Gasteiger partial charge is 0.251 e. The van der Waals surface area contributed by atoms with E-state index in [4.69, 9.17) is 83.1 Å². The van der Waals surface area contributed by atoms with Gasteiger partial charge in [0.05, 0.1) is 44.4 Å². The average molecular weight is 1970 g/mol. The number of aryl methyl sites for hydroxylation is 2. The molecule has 3 fully saturated rings.